The molecule has 2 N–H and O–H groups in total. The van der Waals surface area contributed by atoms with Crippen LogP contribution in [0.4, 0.5) is 17.3 Å². The maximum atomic E-state index is 11.3. The van der Waals surface area contributed by atoms with Crippen LogP contribution in [0.1, 0.15) is 0 Å². The average Bonchev–Trinajstić information content (AvgIpc) is 2.75. The summed E-state index contributed by atoms with van der Waals surface area (Å²) in [6.07, 6.45) is 4.75. The van der Waals surface area contributed by atoms with Gasteiger partial charge >= 0.3 is 0 Å². The van der Waals surface area contributed by atoms with Gasteiger partial charge in [-0.2, -0.15) is 0 Å². The first kappa shape index (κ1) is 17.4. The van der Waals surface area contributed by atoms with E-state index in [2.05, 4.69) is 38.2 Å². The van der Waals surface area contributed by atoms with Crippen molar-refractivity contribution >= 4 is 34.1 Å². The molecule has 0 aliphatic carbocycles. The third kappa shape index (κ3) is 3.86. The second kappa shape index (κ2) is 7.67. The lowest BCUT2D eigenvalue weighted by Crippen LogP contribution is -2.07. The SMILES string of the molecule is C=CC(=O)Nc1ccc(Nc2nccc(-c3cnc4ccccc4c3)n2)cc1. The van der Waals surface area contributed by atoms with Crippen molar-refractivity contribution in [1.29, 1.82) is 0 Å². The van der Waals surface area contributed by atoms with Crippen molar-refractivity contribution in [1.82, 2.24) is 15.0 Å². The Morgan fingerprint density at radius 3 is 2.57 bits per heavy atom. The molecular weight excluding hydrogens is 350 g/mol. The second-order valence-electron chi connectivity index (χ2n) is 6.08. The Morgan fingerprint density at radius 2 is 1.75 bits per heavy atom. The molecule has 6 nitrogen and oxygen atoms in total. The number of carbonyl (C=O) groups is 1. The Balaban J connectivity index is 1.55. The summed E-state index contributed by atoms with van der Waals surface area (Å²) in [5.41, 5.74) is 4.15. The van der Waals surface area contributed by atoms with Crippen molar-refractivity contribution in [3.63, 3.8) is 0 Å². The highest BCUT2D eigenvalue weighted by Gasteiger charge is 2.05. The molecule has 4 rings (SSSR count). The Hall–Kier alpha value is -4.06. The van der Waals surface area contributed by atoms with Gasteiger partial charge in [0.1, 0.15) is 0 Å². The van der Waals surface area contributed by atoms with Crippen LogP contribution in [-0.2, 0) is 4.79 Å². The van der Waals surface area contributed by atoms with Gasteiger partial charge in [-0.25, -0.2) is 9.97 Å². The summed E-state index contributed by atoms with van der Waals surface area (Å²) in [5, 5.41) is 6.94. The lowest BCUT2D eigenvalue weighted by molar-refractivity contribution is -0.111. The Kier molecular flexibility index (Phi) is 4.76. The van der Waals surface area contributed by atoms with Gasteiger partial charge in [0.15, 0.2) is 0 Å². The molecule has 2 aromatic heterocycles. The quantitative estimate of drug-likeness (QED) is 0.506. The number of aromatic nitrogens is 3. The zero-order valence-electron chi connectivity index (χ0n) is 15.0. The van der Waals surface area contributed by atoms with E-state index in [1.165, 1.54) is 6.08 Å². The topological polar surface area (TPSA) is 79.8 Å². The van der Waals surface area contributed by atoms with E-state index in [-0.39, 0.29) is 5.91 Å². The zero-order chi connectivity index (χ0) is 19.3. The molecule has 0 saturated heterocycles. The molecule has 28 heavy (non-hydrogen) atoms. The number of hydrogen-bond donors (Lipinski definition) is 2. The number of amides is 1. The van der Waals surface area contributed by atoms with Gasteiger partial charge in [-0.15, -0.1) is 0 Å². The van der Waals surface area contributed by atoms with Crippen molar-refractivity contribution in [3.8, 4) is 11.3 Å². The van der Waals surface area contributed by atoms with Crippen LogP contribution in [-0.4, -0.2) is 20.9 Å². The lowest BCUT2D eigenvalue weighted by Gasteiger charge is -2.08. The van der Waals surface area contributed by atoms with Crippen LogP contribution < -0.4 is 10.6 Å². The molecule has 4 aromatic rings. The third-order valence-corrected chi connectivity index (χ3v) is 4.14. The molecule has 6 heteroatoms. The summed E-state index contributed by atoms with van der Waals surface area (Å²) in [4.78, 5) is 24.7. The van der Waals surface area contributed by atoms with Gasteiger partial charge in [-0.05, 0) is 48.5 Å². The molecule has 1 amide bonds. The van der Waals surface area contributed by atoms with E-state index in [0.717, 1.165) is 27.8 Å². The molecule has 0 unspecified atom stereocenters. The second-order valence-corrected chi connectivity index (χ2v) is 6.08. The predicted molar refractivity (Wildman–Crippen MR) is 111 cm³/mol. The molecule has 0 saturated carbocycles. The van der Waals surface area contributed by atoms with E-state index in [1.807, 2.05) is 48.7 Å². The number of nitrogens with one attached hydrogen (secondary N) is 2. The minimum absolute atomic E-state index is 0.249. The molecule has 0 aliphatic rings. The number of para-hydroxylation sites is 1. The fourth-order valence-corrected chi connectivity index (χ4v) is 2.75. The smallest absolute Gasteiger partial charge is 0.247 e. The monoisotopic (exact) mass is 367 g/mol. The molecule has 2 heterocycles. The molecule has 0 radical (unpaired) electrons. The summed E-state index contributed by atoms with van der Waals surface area (Å²) in [7, 11) is 0. The van der Waals surface area contributed by atoms with Gasteiger partial charge in [0, 0.05) is 34.7 Å². The summed E-state index contributed by atoms with van der Waals surface area (Å²) in [6, 6.07) is 19.1. The van der Waals surface area contributed by atoms with Gasteiger partial charge in [0.05, 0.1) is 11.2 Å². The minimum Gasteiger partial charge on any atom is -0.324 e. The van der Waals surface area contributed by atoms with E-state index in [1.54, 1.807) is 18.3 Å². The zero-order valence-corrected chi connectivity index (χ0v) is 15.0. The van der Waals surface area contributed by atoms with Gasteiger partial charge in [-0.1, -0.05) is 24.8 Å². The summed E-state index contributed by atoms with van der Waals surface area (Å²) >= 11 is 0. The third-order valence-electron chi connectivity index (χ3n) is 4.14. The molecule has 0 spiro atoms. The fourth-order valence-electron chi connectivity index (χ4n) is 2.75. The molecule has 136 valence electrons. The van der Waals surface area contributed by atoms with Crippen LogP contribution in [0, 0.1) is 0 Å². The van der Waals surface area contributed by atoms with E-state index >= 15 is 0 Å². The number of pyridine rings is 1. The fraction of sp³-hybridized carbons (Fsp3) is 0. The number of hydrogen-bond acceptors (Lipinski definition) is 5. The summed E-state index contributed by atoms with van der Waals surface area (Å²) < 4.78 is 0. The van der Waals surface area contributed by atoms with Crippen LogP contribution in [0.5, 0.6) is 0 Å². The van der Waals surface area contributed by atoms with Crippen LogP contribution in [0.25, 0.3) is 22.2 Å². The van der Waals surface area contributed by atoms with E-state index < -0.39 is 0 Å². The average molecular weight is 367 g/mol. The van der Waals surface area contributed by atoms with Gasteiger partial charge in [-0.3, -0.25) is 9.78 Å². The lowest BCUT2D eigenvalue weighted by atomic mass is 10.1. The van der Waals surface area contributed by atoms with Crippen LogP contribution >= 0.6 is 0 Å². The number of anilines is 3. The van der Waals surface area contributed by atoms with Crippen molar-refractivity contribution in [2.75, 3.05) is 10.6 Å². The Bertz CT molecular complexity index is 1150. The van der Waals surface area contributed by atoms with E-state index in [9.17, 15) is 4.79 Å². The standard InChI is InChI=1S/C22H17N5O/c1-2-21(28)25-17-7-9-18(10-8-17)26-22-23-12-11-20(27-22)16-13-15-5-3-4-6-19(15)24-14-16/h2-14H,1H2,(H,25,28)(H,23,26,27). The molecule has 0 atom stereocenters. The van der Waals surface area contributed by atoms with E-state index in [0.29, 0.717) is 11.6 Å². The highest BCUT2D eigenvalue weighted by atomic mass is 16.1. The molecular formula is C22H17N5O. The highest BCUT2D eigenvalue weighted by molar-refractivity contribution is 5.98. The Labute approximate surface area is 162 Å². The normalized spacial score (nSPS) is 10.4. The van der Waals surface area contributed by atoms with Crippen molar-refractivity contribution in [2.24, 2.45) is 0 Å². The molecule has 0 aliphatic heterocycles. The number of benzene rings is 2. The van der Waals surface area contributed by atoms with Gasteiger partial charge in [0.2, 0.25) is 11.9 Å². The molecule has 0 fully saturated rings. The first-order valence-corrected chi connectivity index (χ1v) is 8.70. The largest absolute Gasteiger partial charge is 0.324 e. The van der Waals surface area contributed by atoms with Crippen molar-refractivity contribution < 1.29 is 4.79 Å². The highest BCUT2D eigenvalue weighted by Crippen LogP contribution is 2.23. The van der Waals surface area contributed by atoms with Crippen LogP contribution in [0.3, 0.4) is 0 Å². The first-order chi connectivity index (χ1) is 13.7. The maximum Gasteiger partial charge on any atom is 0.247 e. The summed E-state index contributed by atoms with van der Waals surface area (Å²) in [5.74, 6) is 0.231. The van der Waals surface area contributed by atoms with Crippen LogP contribution in [0.2, 0.25) is 0 Å². The van der Waals surface area contributed by atoms with Gasteiger partial charge in [0.25, 0.3) is 0 Å². The summed E-state index contributed by atoms with van der Waals surface area (Å²) in [6.45, 7) is 3.43. The molecule has 2 aromatic carbocycles. The minimum atomic E-state index is -0.249. The predicted octanol–water partition coefficient (Wildman–Crippen LogP) is 4.56. The van der Waals surface area contributed by atoms with E-state index in [4.69, 9.17) is 0 Å². The number of rotatable bonds is 5. The Morgan fingerprint density at radius 1 is 0.964 bits per heavy atom. The maximum absolute atomic E-state index is 11.3. The number of carbonyl (C=O) groups excluding carboxylic acids is 1. The van der Waals surface area contributed by atoms with Gasteiger partial charge < -0.3 is 10.6 Å². The van der Waals surface area contributed by atoms with Crippen molar-refractivity contribution in [2.45, 2.75) is 0 Å². The van der Waals surface area contributed by atoms with Crippen LogP contribution in [0.15, 0.2) is 85.7 Å². The number of nitrogens with zero attached hydrogens (tertiary/aromatic N) is 3. The number of fused-ring (bicyclic) bond motifs is 1. The first-order valence-electron chi connectivity index (χ1n) is 8.70. The van der Waals surface area contributed by atoms with Crippen molar-refractivity contribution in [3.05, 3.63) is 85.7 Å². The molecule has 0 bridgehead atoms.